The molecule has 0 aliphatic carbocycles. The van der Waals surface area contributed by atoms with E-state index in [0.717, 1.165) is 6.07 Å². The highest BCUT2D eigenvalue weighted by atomic mass is 16.5. The maximum atomic E-state index is 12.1. The van der Waals surface area contributed by atoms with Crippen LogP contribution in [0.3, 0.4) is 0 Å². The van der Waals surface area contributed by atoms with Gasteiger partial charge in [0.1, 0.15) is 0 Å². The molecule has 0 saturated heterocycles. The highest BCUT2D eigenvalue weighted by Crippen LogP contribution is 2.09. The summed E-state index contributed by atoms with van der Waals surface area (Å²) in [6.45, 7) is 0. The Kier molecular flexibility index (Phi) is 3.70. The minimum atomic E-state index is -1.11. The van der Waals surface area contributed by atoms with E-state index in [1.165, 1.54) is 31.4 Å². The Balaban J connectivity index is 2.39. The van der Waals surface area contributed by atoms with Crippen LogP contribution in [-0.2, 0) is 4.74 Å². The molecule has 1 aromatic carbocycles. The second-order valence-corrected chi connectivity index (χ2v) is 4.04. The molecule has 21 heavy (non-hydrogen) atoms. The minimum Gasteiger partial charge on any atom is -0.465 e. The quantitative estimate of drug-likeness (QED) is 0.459. The van der Waals surface area contributed by atoms with Crippen LogP contribution in [0.5, 0.6) is 0 Å². The first kappa shape index (κ1) is 14.3. The third-order valence-corrected chi connectivity index (χ3v) is 2.72. The van der Waals surface area contributed by atoms with E-state index in [0.29, 0.717) is 0 Å². The van der Waals surface area contributed by atoms with Crippen LogP contribution >= 0.6 is 0 Å². The molecule has 0 fully saturated rings. The maximum Gasteiger partial charge on any atom is 0.362 e. The lowest BCUT2D eigenvalue weighted by Crippen LogP contribution is -2.34. The number of aromatic amines is 1. The van der Waals surface area contributed by atoms with Gasteiger partial charge in [0, 0.05) is 11.6 Å². The molecule has 0 saturated carbocycles. The number of benzene rings is 1. The molecule has 0 atom stereocenters. The van der Waals surface area contributed by atoms with E-state index in [9.17, 15) is 19.2 Å². The normalized spacial score (nSPS) is 10.1. The van der Waals surface area contributed by atoms with Crippen molar-refractivity contribution >= 4 is 11.8 Å². The third-order valence-electron chi connectivity index (χ3n) is 2.72. The van der Waals surface area contributed by atoms with Gasteiger partial charge in [0.2, 0.25) is 5.78 Å². The summed E-state index contributed by atoms with van der Waals surface area (Å²) >= 11 is 0. The molecule has 0 spiro atoms. The standard InChI is InChI=1S/C13H10N2O6/c1-21-12(18)8-4-2-7(3-5-8)11(17)9-6-10(16)15(20)13(19)14-9/h2-6,20H,1H3,(H,14,19). The Morgan fingerprint density at radius 1 is 1.14 bits per heavy atom. The topological polar surface area (TPSA) is 118 Å². The largest absolute Gasteiger partial charge is 0.465 e. The zero-order valence-electron chi connectivity index (χ0n) is 10.8. The van der Waals surface area contributed by atoms with Crippen LogP contribution in [0.1, 0.15) is 26.4 Å². The van der Waals surface area contributed by atoms with Crippen molar-refractivity contribution in [2.45, 2.75) is 0 Å². The third kappa shape index (κ3) is 2.73. The molecular weight excluding hydrogens is 280 g/mol. The predicted molar refractivity (Wildman–Crippen MR) is 69.7 cm³/mol. The molecule has 2 aromatic rings. The van der Waals surface area contributed by atoms with E-state index < -0.39 is 23.0 Å². The lowest BCUT2D eigenvalue weighted by Gasteiger charge is -2.03. The van der Waals surface area contributed by atoms with Crippen molar-refractivity contribution in [2.75, 3.05) is 7.11 Å². The first-order valence-corrected chi connectivity index (χ1v) is 5.72. The maximum absolute atomic E-state index is 12.1. The second-order valence-electron chi connectivity index (χ2n) is 4.04. The number of ether oxygens (including phenoxy) is 1. The molecule has 0 amide bonds. The number of H-pyrrole nitrogens is 1. The Hall–Kier alpha value is -3.16. The second kappa shape index (κ2) is 5.45. The van der Waals surface area contributed by atoms with Gasteiger partial charge in [0.15, 0.2) is 0 Å². The number of esters is 1. The van der Waals surface area contributed by atoms with Crippen LogP contribution < -0.4 is 11.2 Å². The molecule has 8 heteroatoms. The Labute approximate surface area is 117 Å². The van der Waals surface area contributed by atoms with Gasteiger partial charge in [-0.15, -0.1) is 0 Å². The number of nitrogens with zero attached hydrogens (tertiary/aromatic N) is 1. The average Bonchev–Trinajstić information content (AvgIpc) is 2.50. The zero-order valence-corrected chi connectivity index (χ0v) is 10.8. The molecule has 2 rings (SSSR count). The highest BCUT2D eigenvalue weighted by molar-refractivity contribution is 6.08. The van der Waals surface area contributed by atoms with Gasteiger partial charge in [-0.25, -0.2) is 9.59 Å². The number of rotatable bonds is 3. The lowest BCUT2D eigenvalue weighted by molar-refractivity contribution is 0.0600. The summed E-state index contributed by atoms with van der Waals surface area (Å²) in [6.07, 6.45) is 0. The van der Waals surface area contributed by atoms with Crippen LogP contribution in [0.15, 0.2) is 39.9 Å². The zero-order chi connectivity index (χ0) is 15.6. The van der Waals surface area contributed by atoms with Gasteiger partial charge in [-0.2, -0.15) is 0 Å². The first-order valence-electron chi connectivity index (χ1n) is 5.72. The van der Waals surface area contributed by atoms with Gasteiger partial charge in [0.25, 0.3) is 5.56 Å². The number of ketones is 1. The number of carbonyl (C=O) groups is 2. The van der Waals surface area contributed by atoms with Crippen LogP contribution in [0.4, 0.5) is 0 Å². The monoisotopic (exact) mass is 290 g/mol. The molecule has 108 valence electrons. The van der Waals surface area contributed by atoms with Crippen molar-refractivity contribution in [1.29, 1.82) is 0 Å². The highest BCUT2D eigenvalue weighted by Gasteiger charge is 2.14. The van der Waals surface area contributed by atoms with Gasteiger partial charge in [-0.1, -0.05) is 16.9 Å². The summed E-state index contributed by atoms with van der Waals surface area (Å²) in [5, 5.41) is 9.01. The summed E-state index contributed by atoms with van der Waals surface area (Å²) in [5.74, 6) is -1.17. The number of methoxy groups -OCH3 is 1. The van der Waals surface area contributed by atoms with Gasteiger partial charge < -0.3 is 14.9 Å². The number of hydrogen-bond donors (Lipinski definition) is 2. The fraction of sp³-hybridized carbons (Fsp3) is 0.0769. The molecule has 1 aromatic heterocycles. The molecule has 0 aliphatic rings. The number of carbonyl (C=O) groups excluding carboxylic acids is 2. The Bertz CT molecular complexity index is 785. The lowest BCUT2D eigenvalue weighted by atomic mass is 10.1. The molecular formula is C13H10N2O6. The van der Waals surface area contributed by atoms with Crippen molar-refractivity contribution in [3.8, 4) is 0 Å². The Morgan fingerprint density at radius 2 is 1.71 bits per heavy atom. The fourth-order valence-electron chi connectivity index (χ4n) is 1.64. The molecule has 1 heterocycles. The summed E-state index contributed by atoms with van der Waals surface area (Å²) in [7, 11) is 1.23. The molecule has 0 radical (unpaired) electrons. The Morgan fingerprint density at radius 3 is 2.24 bits per heavy atom. The van der Waals surface area contributed by atoms with Crippen molar-refractivity contribution in [3.63, 3.8) is 0 Å². The summed E-state index contributed by atoms with van der Waals surface area (Å²) < 4.78 is 4.38. The van der Waals surface area contributed by atoms with E-state index in [2.05, 4.69) is 9.72 Å². The predicted octanol–water partition coefficient (Wildman–Crippen LogP) is -0.209. The van der Waals surface area contributed by atoms with Gasteiger partial charge >= 0.3 is 11.7 Å². The SMILES string of the molecule is COC(=O)c1ccc(C(=O)c2cc(=O)n(O)c(=O)[nH]2)cc1. The first-order chi connectivity index (χ1) is 9.93. The molecule has 0 unspecified atom stereocenters. The van der Waals surface area contributed by atoms with Gasteiger partial charge in [-0.3, -0.25) is 9.59 Å². The summed E-state index contributed by atoms with van der Waals surface area (Å²) in [4.78, 5) is 47.9. The van der Waals surface area contributed by atoms with Crippen LogP contribution in [0.2, 0.25) is 0 Å². The average molecular weight is 290 g/mol. The van der Waals surface area contributed by atoms with Crippen molar-refractivity contribution in [2.24, 2.45) is 0 Å². The van der Waals surface area contributed by atoms with Crippen LogP contribution in [-0.4, -0.2) is 33.8 Å². The summed E-state index contributed by atoms with van der Waals surface area (Å²) in [5.41, 5.74) is -1.98. The van der Waals surface area contributed by atoms with Gasteiger partial charge in [0.05, 0.1) is 18.4 Å². The number of nitrogens with one attached hydrogen (secondary N) is 1. The summed E-state index contributed by atoms with van der Waals surface area (Å²) in [6, 6.07) is 6.28. The fourth-order valence-corrected chi connectivity index (χ4v) is 1.64. The van der Waals surface area contributed by atoms with Crippen molar-refractivity contribution in [3.05, 3.63) is 68.0 Å². The minimum absolute atomic E-state index is 0.142. The van der Waals surface area contributed by atoms with Crippen LogP contribution in [0.25, 0.3) is 0 Å². The number of hydrogen-bond acceptors (Lipinski definition) is 6. The van der Waals surface area contributed by atoms with Crippen LogP contribution in [0, 0.1) is 0 Å². The number of aromatic nitrogens is 2. The molecule has 8 nitrogen and oxygen atoms in total. The van der Waals surface area contributed by atoms with E-state index in [1.54, 1.807) is 0 Å². The van der Waals surface area contributed by atoms with Gasteiger partial charge in [-0.05, 0) is 12.1 Å². The van der Waals surface area contributed by atoms with Crippen molar-refractivity contribution < 1.29 is 19.5 Å². The molecule has 0 bridgehead atoms. The molecule has 2 N–H and O–H groups in total. The molecule has 0 aliphatic heterocycles. The van der Waals surface area contributed by atoms with E-state index >= 15 is 0 Å². The smallest absolute Gasteiger partial charge is 0.362 e. The van der Waals surface area contributed by atoms with E-state index in [-0.39, 0.29) is 21.6 Å². The van der Waals surface area contributed by atoms with E-state index in [1.807, 2.05) is 0 Å². The van der Waals surface area contributed by atoms with E-state index in [4.69, 9.17) is 5.21 Å². The van der Waals surface area contributed by atoms with Crippen molar-refractivity contribution in [1.82, 2.24) is 9.71 Å².